The minimum atomic E-state index is -1.03. The number of hydrogen-bond acceptors (Lipinski definition) is 4. The molecule has 0 N–H and O–H groups in total. The van der Waals surface area contributed by atoms with Gasteiger partial charge in [-0.3, -0.25) is 0 Å². The lowest BCUT2D eigenvalue weighted by atomic mass is 10.2. The molecule has 4 nitrogen and oxygen atoms in total. The van der Waals surface area contributed by atoms with Gasteiger partial charge in [0.05, 0.1) is 11.8 Å². The third-order valence-electron chi connectivity index (χ3n) is 2.22. The van der Waals surface area contributed by atoms with Crippen LogP contribution >= 0.6 is 15.9 Å². The van der Waals surface area contributed by atoms with Gasteiger partial charge in [-0.25, -0.2) is 4.79 Å². The summed E-state index contributed by atoms with van der Waals surface area (Å²) in [5.41, 5.74) is 0.380. The van der Waals surface area contributed by atoms with Crippen LogP contribution in [0.15, 0.2) is 51.6 Å². The highest BCUT2D eigenvalue weighted by molar-refractivity contribution is 9.10. The van der Waals surface area contributed by atoms with E-state index < -0.39 is 12.1 Å². The van der Waals surface area contributed by atoms with Crippen LogP contribution in [0.25, 0.3) is 0 Å². The molecule has 0 saturated heterocycles. The Balaban J connectivity index is 2.11. The molecule has 1 aromatic heterocycles. The fourth-order valence-electron chi connectivity index (χ4n) is 1.35. The highest BCUT2D eigenvalue weighted by Crippen LogP contribution is 2.19. The molecule has 0 fully saturated rings. The number of halogens is 1. The van der Waals surface area contributed by atoms with Gasteiger partial charge in [0.2, 0.25) is 6.10 Å². The number of nitriles is 1. The predicted molar refractivity (Wildman–Crippen MR) is 66.6 cm³/mol. The van der Waals surface area contributed by atoms with Crippen molar-refractivity contribution < 1.29 is 13.9 Å². The fourth-order valence-corrected chi connectivity index (χ4v) is 1.61. The first-order valence-corrected chi connectivity index (χ1v) is 5.89. The molecule has 2 rings (SSSR count). The van der Waals surface area contributed by atoms with Crippen LogP contribution in [0.1, 0.15) is 22.2 Å². The molecule has 90 valence electrons. The Kier molecular flexibility index (Phi) is 3.80. The standard InChI is InChI=1S/C13H8BrNO3/c14-10-5-3-9(4-6-10)13(16)18-12(8-15)11-2-1-7-17-11/h1-7,12H. The minimum Gasteiger partial charge on any atom is -0.464 e. The topological polar surface area (TPSA) is 63.2 Å². The van der Waals surface area contributed by atoms with Crippen molar-refractivity contribution in [2.24, 2.45) is 0 Å². The summed E-state index contributed by atoms with van der Waals surface area (Å²) in [5.74, 6) is -0.256. The minimum absolute atomic E-state index is 0.308. The number of ether oxygens (including phenoxy) is 1. The van der Waals surface area contributed by atoms with Crippen LogP contribution in [0, 0.1) is 11.3 Å². The van der Waals surface area contributed by atoms with E-state index in [0.29, 0.717) is 11.3 Å². The molecular formula is C13H8BrNO3. The number of esters is 1. The Labute approximate surface area is 112 Å². The van der Waals surface area contributed by atoms with E-state index in [4.69, 9.17) is 14.4 Å². The summed E-state index contributed by atoms with van der Waals surface area (Å²) in [5, 5.41) is 8.94. The van der Waals surface area contributed by atoms with Crippen LogP contribution in [0.4, 0.5) is 0 Å². The molecule has 1 heterocycles. The number of hydrogen-bond donors (Lipinski definition) is 0. The van der Waals surface area contributed by atoms with Gasteiger partial charge in [0.15, 0.2) is 5.76 Å². The van der Waals surface area contributed by atoms with E-state index in [1.54, 1.807) is 36.4 Å². The van der Waals surface area contributed by atoms with Gasteiger partial charge in [-0.15, -0.1) is 0 Å². The second kappa shape index (κ2) is 5.52. The number of rotatable bonds is 3. The van der Waals surface area contributed by atoms with Crippen LogP contribution in [0.3, 0.4) is 0 Å². The summed E-state index contributed by atoms with van der Waals surface area (Å²) in [7, 11) is 0. The van der Waals surface area contributed by atoms with Crippen LogP contribution in [-0.2, 0) is 4.74 Å². The lowest BCUT2D eigenvalue weighted by Gasteiger charge is -2.08. The number of benzene rings is 1. The quantitative estimate of drug-likeness (QED) is 0.815. The molecule has 0 aliphatic carbocycles. The third-order valence-corrected chi connectivity index (χ3v) is 2.75. The van der Waals surface area contributed by atoms with Crippen molar-refractivity contribution in [2.45, 2.75) is 6.10 Å². The van der Waals surface area contributed by atoms with Crippen LogP contribution in [-0.4, -0.2) is 5.97 Å². The molecule has 18 heavy (non-hydrogen) atoms. The maximum Gasteiger partial charge on any atom is 0.339 e. The Morgan fingerprint density at radius 3 is 2.61 bits per heavy atom. The smallest absolute Gasteiger partial charge is 0.339 e. The van der Waals surface area contributed by atoms with E-state index in [9.17, 15) is 4.79 Å². The Hall–Kier alpha value is -2.06. The van der Waals surface area contributed by atoms with Crippen molar-refractivity contribution in [3.63, 3.8) is 0 Å². The van der Waals surface area contributed by atoms with Gasteiger partial charge in [0.25, 0.3) is 0 Å². The van der Waals surface area contributed by atoms with E-state index in [-0.39, 0.29) is 0 Å². The molecule has 1 aromatic carbocycles. The highest BCUT2D eigenvalue weighted by atomic mass is 79.9. The molecule has 2 aromatic rings. The summed E-state index contributed by atoms with van der Waals surface area (Å²) in [6.45, 7) is 0. The number of carbonyl (C=O) groups excluding carboxylic acids is 1. The molecule has 0 amide bonds. The maximum atomic E-state index is 11.8. The first-order valence-electron chi connectivity index (χ1n) is 5.10. The second-order valence-corrected chi connectivity index (χ2v) is 4.35. The van der Waals surface area contributed by atoms with Gasteiger partial charge in [-0.05, 0) is 36.4 Å². The molecule has 0 saturated carbocycles. The highest BCUT2D eigenvalue weighted by Gasteiger charge is 2.19. The maximum absolute atomic E-state index is 11.8. The number of carbonyl (C=O) groups is 1. The van der Waals surface area contributed by atoms with Crippen LogP contribution < -0.4 is 0 Å². The molecule has 0 aliphatic heterocycles. The summed E-state index contributed by atoms with van der Waals surface area (Å²) in [6.07, 6.45) is 0.392. The average Bonchev–Trinajstić information content (AvgIpc) is 2.90. The predicted octanol–water partition coefficient (Wildman–Crippen LogP) is 3.46. The lowest BCUT2D eigenvalue weighted by Crippen LogP contribution is -2.09. The van der Waals surface area contributed by atoms with Crippen molar-refractivity contribution in [2.75, 3.05) is 0 Å². The molecule has 0 bridgehead atoms. The number of nitrogens with zero attached hydrogens (tertiary/aromatic N) is 1. The average molecular weight is 306 g/mol. The van der Waals surface area contributed by atoms with Crippen molar-refractivity contribution in [3.8, 4) is 6.07 Å². The summed E-state index contributed by atoms with van der Waals surface area (Å²) in [4.78, 5) is 11.8. The van der Waals surface area contributed by atoms with Crippen molar-refractivity contribution >= 4 is 21.9 Å². The Morgan fingerprint density at radius 1 is 1.33 bits per heavy atom. The van der Waals surface area contributed by atoms with E-state index in [2.05, 4.69) is 15.9 Å². The molecule has 1 atom stereocenters. The largest absolute Gasteiger partial charge is 0.464 e. The van der Waals surface area contributed by atoms with Crippen LogP contribution in [0.2, 0.25) is 0 Å². The van der Waals surface area contributed by atoms with E-state index in [0.717, 1.165) is 4.47 Å². The van der Waals surface area contributed by atoms with Crippen molar-refractivity contribution in [1.82, 2.24) is 0 Å². The zero-order valence-corrected chi connectivity index (χ0v) is 10.8. The second-order valence-electron chi connectivity index (χ2n) is 3.44. The Bertz CT molecular complexity index is 569. The Morgan fingerprint density at radius 2 is 2.06 bits per heavy atom. The molecule has 1 unspecified atom stereocenters. The van der Waals surface area contributed by atoms with Gasteiger partial charge in [0.1, 0.15) is 6.07 Å². The van der Waals surface area contributed by atoms with Crippen molar-refractivity contribution in [1.29, 1.82) is 5.26 Å². The van der Waals surface area contributed by atoms with Gasteiger partial charge in [-0.1, -0.05) is 15.9 Å². The van der Waals surface area contributed by atoms with Gasteiger partial charge < -0.3 is 9.15 Å². The normalized spacial score (nSPS) is 11.6. The summed E-state index contributed by atoms with van der Waals surface area (Å²) in [6, 6.07) is 11.8. The monoisotopic (exact) mass is 305 g/mol. The SMILES string of the molecule is N#CC(OC(=O)c1ccc(Br)cc1)c1ccco1. The fraction of sp³-hybridized carbons (Fsp3) is 0.0769. The van der Waals surface area contributed by atoms with Gasteiger partial charge in [0, 0.05) is 4.47 Å². The lowest BCUT2D eigenvalue weighted by molar-refractivity contribution is 0.0367. The first-order chi connectivity index (χ1) is 8.70. The molecule has 0 radical (unpaired) electrons. The van der Waals surface area contributed by atoms with E-state index in [1.807, 2.05) is 6.07 Å². The molecule has 5 heteroatoms. The first kappa shape index (κ1) is 12.4. The summed E-state index contributed by atoms with van der Waals surface area (Å²) < 4.78 is 11.0. The molecular weight excluding hydrogens is 298 g/mol. The molecule has 0 spiro atoms. The third kappa shape index (κ3) is 2.79. The zero-order valence-electron chi connectivity index (χ0n) is 9.17. The van der Waals surface area contributed by atoms with Gasteiger partial charge in [-0.2, -0.15) is 5.26 Å². The van der Waals surface area contributed by atoms with Crippen molar-refractivity contribution in [3.05, 3.63) is 58.5 Å². The van der Waals surface area contributed by atoms with Gasteiger partial charge >= 0.3 is 5.97 Å². The zero-order chi connectivity index (χ0) is 13.0. The van der Waals surface area contributed by atoms with Crippen LogP contribution in [0.5, 0.6) is 0 Å². The van der Waals surface area contributed by atoms with E-state index in [1.165, 1.54) is 6.26 Å². The molecule has 0 aliphatic rings. The summed E-state index contributed by atoms with van der Waals surface area (Å²) >= 11 is 3.27. The number of furan rings is 1. The van der Waals surface area contributed by atoms with E-state index >= 15 is 0 Å².